The van der Waals surface area contributed by atoms with Crippen LogP contribution in [0.1, 0.15) is 323 Å². The van der Waals surface area contributed by atoms with Gasteiger partial charge in [-0.3, -0.25) is 37.3 Å². The van der Waals surface area contributed by atoms with Crippen LogP contribution in [0.3, 0.4) is 0 Å². The summed E-state index contributed by atoms with van der Waals surface area (Å²) in [5.41, 5.74) is 0. The first-order valence-corrected chi connectivity index (χ1v) is 44.1. The van der Waals surface area contributed by atoms with Gasteiger partial charge in [-0.15, -0.1) is 0 Å². The number of allylic oxidation sites excluding steroid dienone is 24. The van der Waals surface area contributed by atoms with Gasteiger partial charge in [-0.2, -0.15) is 0 Å². The number of rotatable bonds is 76. The number of phosphoric acid groups is 2. The van der Waals surface area contributed by atoms with Gasteiger partial charge in [0, 0.05) is 25.7 Å². The van der Waals surface area contributed by atoms with Crippen molar-refractivity contribution in [2.45, 2.75) is 341 Å². The number of carbonyl (C=O) groups excluding carboxylic acids is 4. The summed E-state index contributed by atoms with van der Waals surface area (Å²) in [7, 11) is -9.98. The van der Waals surface area contributed by atoms with Gasteiger partial charge < -0.3 is 33.8 Å². The van der Waals surface area contributed by atoms with E-state index < -0.39 is 97.5 Å². The molecule has 0 aliphatic carbocycles. The lowest BCUT2D eigenvalue weighted by Crippen LogP contribution is -2.30. The number of hydrogen-bond donors (Lipinski definition) is 3. The van der Waals surface area contributed by atoms with E-state index in [1.54, 1.807) is 0 Å². The van der Waals surface area contributed by atoms with Gasteiger partial charge in [-0.25, -0.2) is 9.13 Å². The SMILES string of the molecule is CC/C=C\C/C=C\C/C=C\C/C=C\CCCCCCCCC(=O)OCC(COP(=O)(O)OCC(O)COP(=O)(O)OCC(COC(=O)CCCCCCC/C=C\C/C=C\C/C=C\CC)OC(=O)CCCCCCC/C=C\C/C=C\CCCCC)OC(=O)CCCCCCCCC/C=C\C/C=C\C/C=C\CC. The minimum Gasteiger partial charge on any atom is -0.462 e. The monoisotopic (exact) mass is 1530 g/mol. The molecule has 0 saturated carbocycles. The van der Waals surface area contributed by atoms with Crippen molar-refractivity contribution in [1.82, 2.24) is 0 Å². The van der Waals surface area contributed by atoms with E-state index in [4.69, 9.17) is 37.0 Å². The van der Waals surface area contributed by atoms with E-state index in [1.165, 1.54) is 19.3 Å². The molecule has 0 aromatic carbocycles. The van der Waals surface area contributed by atoms with Crippen molar-refractivity contribution in [3.05, 3.63) is 146 Å². The molecule has 0 bridgehead atoms. The molecule has 0 aliphatic heterocycles. The molecule has 0 amide bonds. The highest BCUT2D eigenvalue weighted by atomic mass is 31.2. The molecule has 0 saturated heterocycles. The Morgan fingerprint density at radius 2 is 0.491 bits per heavy atom. The molecule has 3 N–H and O–H groups in total. The molecule has 106 heavy (non-hydrogen) atoms. The maximum atomic E-state index is 13.1. The number of ether oxygens (including phenoxy) is 4. The van der Waals surface area contributed by atoms with Crippen LogP contribution in [0, 0.1) is 0 Å². The predicted molar refractivity (Wildman–Crippen MR) is 436 cm³/mol. The lowest BCUT2D eigenvalue weighted by atomic mass is 10.1. The van der Waals surface area contributed by atoms with Gasteiger partial charge in [0.15, 0.2) is 12.2 Å². The van der Waals surface area contributed by atoms with Crippen molar-refractivity contribution < 1.29 is 80.2 Å². The topological polar surface area (TPSA) is 237 Å². The standard InChI is InChI=1S/C87H146O17P2/c1-5-9-13-17-21-25-29-33-37-39-40-42-45-48-52-56-60-64-68-72-85(90)98-78-83(104-87(92)74-70-66-62-58-54-50-46-41-38-34-30-26-22-18-14-10-6-2)80-102-106(95,96)100-76-81(88)75-99-105(93,94)101-79-82(103-86(91)73-69-65-61-57-53-49-44-36-32-28-24-20-16-12-8-4)77-97-84(89)71-67-63-59-55-51-47-43-35-31-27-23-19-15-11-7-3/h9-11,13-15,21-28,33-38,40,42-44,81-83,88H,5-8,12,16-20,29-32,39,41,45-80H2,1-4H3,(H,93,94)(H,95,96)/b13-9-,14-10-,15-11-,25-21-,26-22-,27-23-,28-24-,37-33-,38-34-,42-40-,43-35-,44-36-. The molecule has 5 atom stereocenters. The van der Waals surface area contributed by atoms with E-state index in [2.05, 4.69) is 174 Å². The minimum absolute atomic E-state index is 0.0717. The first kappa shape index (κ1) is 101. The fourth-order valence-electron chi connectivity index (χ4n) is 10.6. The Balaban J connectivity index is 5.41. The summed E-state index contributed by atoms with van der Waals surface area (Å²) in [6.45, 7) is 4.47. The fraction of sp³-hybridized carbons (Fsp3) is 0.678. The van der Waals surface area contributed by atoms with Gasteiger partial charge in [-0.05, 0) is 161 Å². The number of hydrogen-bond acceptors (Lipinski definition) is 15. The highest BCUT2D eigenvalue weighted by molar-refractivity contribution is 7.47. The molecule has 0 rings (SSSR count). The second-order valence-electron chi connectivity index (χ2n) is 26.9. The van der Waals surface area contributed by atoms with Crippen molar-refractivity contribution in [3.8, 4) is 0 Å². The Labute approximate surface area is 643 Å². The molecule has 0 spiro atoms. The van der Waals surface area contributed by atoms with E-state index in [-0.39, 0.29) is 25.7 Å². The summed E-state index contributed by atoms with van der Waals surface area (Å²) in [6, 6.07) is 0. The smallest absolute Gasteiger partial charge is 0.462 e. The third kappa shape index (κ3) is 77.1. The molecule has 17 nitrogen and oxygen atoms in total. The predicted octanol–water partition coefficient (Wildman–Crippen LogP) is 24.2. The van der Waals surface area contributed by atoms with Crippen molar-refractivity contribution >= 4 is 39.5 Å². The molecule has 0 radical (unpaired) electrons. The first-order valence-electron chi connectivity index (χ1n) is 41.1. The number of phosphoric ester groups is 2. The Kier molecular flexibility index (Phi) is 74.3. The summed E-state index contributed by atoms with van der Waals surface area (Å²) in [6.07, 6.45) is 89.5. The first-order chi connectivity index (χ1) is 51.7. The zero-order valence-electron chi connectivity index (χ0n) is 66.3. The molecule has 0 heterocycles. The van der Waals surface area contributed by atoms with Crippen molar-refractivity contribution in [1.29, 1.82) is 0 Å². The summed E-state index contributed by atoms with van der Waals surface area (Å²) < 4.78 is 68.7. The zero-order valence-corrected chi connectivity index (χ0v) is 68.1. The quantitative estimate of drug-likeness (QED) is 0.0169. The van der Waals surface area contributed by atoms with Gasteiger partial charge >= 0.3 is 39.5 Å². The largest absolute Gasteiger partial charge is 0.472 e. The molecule has 0 fully saturated rings. The second-order valence-corrected chi connectivity index (χ2v) is 29.8. The molecule has 0 aromatic rings. The highest BCUT2D eigenvalue weighted by Crippen LogP contribution is 2.45. The van der Waals surface area contributed by atoms with Crippen molar-refractivity contribution in [3.63, 3.8) is 0 Å². The van der Waals surface area contributed by atoms with Gasteiger partial charge in [-0.1, -0.05) is 283 Å². The summed E-state index contributed by atoms with van der Waals surface area (Å²) in [4.78, 5) is 73.2. The molecule has 0 aliphatic rings. The van der Waals surface area contributed by atoms with E-state index >= 15 is 0 Å². The highest BCUT2D eigenvalue weighted by Gasteiger charge is 2.30. The maximum Gasteiger partial charge on any atom is 0.472 e. The molecule has 606 valence electrons. The van der Waals surface area contributed by atoms with Crippen LogP contribution in [0.2, 0.25) is 0 Å². The van der Waals surface area contributed by atoms with E-state index in [0.29, 0.717) is 25.7 Å². The van der Waals surface area contributed by atoms with Crippen LogP contribution in [-0.2, 0) is 65.4 Å². The minimum atomic E-state index is -4.99. The zero-order chi connectivity index (χ0) is 77.4. The van der Waals surface area contributed by atoms with Crippen LogP contribution >= 0.6 is 15.6 Å². The second kappa shape index (κ2) is 78.1. The van der Waals surface area contributed by atoms with Crippen LogP contribution < -0.4 is 0 Å². The van der Waals surface area contributed by atoms with Crippen molar-refractivity contribution in [2.75, 3.05) is 39.6 Å². The number of aliphatic hydroxyl groups is 1. The number of carbonyl (C=O) groups is 4. The van der Waals surface area contributed by atoms with Crippen LogP contribution in [0.5, 0.6) is 0 Å². The van der Waals surface area contributed by atoms with E-state index in [0.717, 1.165) is 225 Å². The number of unbranched alkanes of at least 4 members (excludes halogenated alkanes) is 26. The summed E-state index contributed by atoms with van der Waals surface area (Å²) in [5, 5.41) is 10.7. The van der Waals surface area contributed by atoms with Crippen molar-refractivity contribution in [2.24, 2.45) is 0 Å². The Bertz CT molecular complexity index is 2580. The third-order valence-corrected chi connectivity index (χ3v) is 18.7. The van der Waals surface area contributed by atoms with Crippen LogP contribution in [-0.4, -0.2) is 96.7 Å². The lowest BCUT2D eigenvalue weighted by Gasteiger charge is -2.21. The normalized spacial score (nSPS) is 14.6. The average Bonchev–Trinajstić information content (AvgIpc) is 0.902. The van der Waals surface area contributed by atoms with Gasteiger partial charge in [0.1, 0.15) is 19.3 Å². The van der Waals surface area contributed by atoms with Gasteiger partial charge in [0.25, 0.3) is 0 Å². The molecule has 19 heteroatoms. The molecule has 5 unspecified atom stereocenters. The van der Waals surface area contributed by atoms with Crippen LogP contribution in [0.4, 0.5) is 0 Å². The van der Waals surface area contributed by atoms with E-state index in [9.17, 15) is 43.2 Å². The summed E-state index contributed by atoms with van der Waals surface area (Å²) >= 11 is 0. The number of aliphatic hydroxyl groups excluding tert-OH is 1. The Hall–Kier alpha value is -5.06. The molecular weight excluding hydrogens is 1380 g/mol. The van der Waals surface area contributed by atoms with Crippen LogP contribution in [0.15, 0.2) is 146 Å². The fourth-order valence-corrected chi connectivity index (χ4v) is 12.2. The third-order valence-electron chi connectivity index (χ3n) is 16.8. The van der Waals surface area contributed by atoms with Gasteiger partial charge in [0.2, 0.25) is 0 Å². The average molecular weight is 1530 g/mol. The van der Waals surface area contributed by atoms with E-state index in [1.807, 2.05) is 0 Å². The van der Waals surface area contributed by atoms with Crippen LogP contribution in [0.25, 0.3) is 0 Å². The molecule has 0 aromatic heterocycles. The number of esters is 4. The Morgan fingerprint density at radius 3 is 0.755 bits per heavy atom. The lowest BCUT2D eigenvalue weighted by molar-refractivity contribution is -0.161. The Morgan fingerprint density at radius 1 is 0.274 bits per heavy atom. The summed E-state index contributed by atoms with van der Waals surface area (Å²) in [5.74, 6) is -2.23. The van der Waals surface area contributed by atoms with Gasteiger partial charge in [0.05, 0.1) is 26.4 Å². The molecular formula is C87H146O17P2. The maximum absolute atomic E-state index is 13.1.